The topological polar surface area (TPSA) is 315 Å². The minimum absolute atomic E-state index is 0.0610. The van der Waals surface area contributed by atoms with Crippen LogP contribution in [0.3, 0.4) is 0 Å². The van der Waals surface area contributed by atoms with Gasteiger partial charge in [-0.05, 0) is 30.7 Å². The first-order valence-electron chi connectivity index (χ1n) is 17.5. The van der Waals surface area contributed by atoms with Crippen molar-refractivity contribution in [2.75, 3.05) is 24.2 Å². The van der Waals surface area contributed by atoms with Gasteiger partial charge in [0.15, 0.2) is 11.1 Å². The first-order valence-corrected chi connectivity index (χ1v) is 19.5. The number of aromatic nitrogens is 1. The molecule has 0 saturated carbocycles. The van der Waals surface area contributed by atoms with Gasteiger partial charge in [0.1, 0.15) is 30.2 Å². The van der Waals surface area contributed by atoms with Gasteiger partial charge in [0.25, 0.3) is 0 Å². The molecule has 6 amide bonds. The Morgan fingerprint density at radius 3 is 2.22 bits per heavy atom. The zero-order valence-corrected chi connectivity index (χ0v) is 32.2. The fourth-order valence-corrected chi connectivity index (χ4v) is 7.16. The molecule has 13 N–H and O–H groups in total. The average Bonchev–Trinajstić information content (AvgIpc) is 3.56. The Kier molecular flexibility index (Phi) is 17.6. The van der Waals surface area contributed by atoms with E-state index in [2.05, 4.69) is 41.9 Å². The molecule has 3 rings (SSSR count). The van der Waals surface area contributed by atoms with Crippen LogP contribution in [-0.2, 0) is 45.7 Å². The molecule has 2 bridgehead atoms. The van der Waals surface area contributed by atoms with Crippen LogP contribution in [0.1, 0.15) is 50.8 Å². The first kappa shape index (κ1) is 44.0. The smallest absolute Gasteiger partial charge is 0.305 e. The number of hydrogen-bond acceptors (Lipinski definition) is 12. The molecule has 19 nitrogen and oxygen atoms in total. The van der Waals surface area contributed by atoms with E-state index in [1.54, 1.807) is 35.7 Å². The summed E-state index contributed by atoms with van der Waals surface area (Å²) < 4.78 is 0. The van der Waals surface area contributed by atoms with Gasteiger partial charge >= 0.3 is 5.97 Å². The number of rotatable bonds is 11. The van der Waals surface area contributed by atoms with Crippen molar-refractivity contribution in [2.24, 2.45) is 28.1 Å². The van der Waals surface area contributed by atoms with E-state index >= 15 is 0 Å². The summed E-state index contributed by atoms with van der Waals surface area (Å²) in [5, 5.41) is 27.5. The molecule has 5 atom stereocenters. The number of carboxylic acids is 1. The van der Waals surface area contributed by atoms with Crippen LogP contribution in [0.5, 0.6) is 0 Å². The molecule has 1 unspecified atom stereocenters. The molecule has 0 radical (unpaired) electrons. The number of carbonyl (C=O) groups excluding carboxylic acids is 6. The molecule has 1 aliphatic heterocycles. The standard InChI is InChI=1S/C34H49N11O8S2/c1-18(2)11-22-30(51)44-25(28(35)49)17-54-15-20-16-55-34(40-20)45-21(9-6-10-38-33(36)37)29(50)39-14-26(46)41-24(13-27(47)48)32(53)43-23(31(52)42-22)12-19-7-4-3-5-8-19/h3-5,7-8,16,18,21-25H,6,9-15,17H2,1-2H3,(H2,35,49)(H,39,50)(H,40,45)(H,41,46)(H,42,52)(H,43,53)(H,44,51)(H,47,48)(H4,36,37,38)/t21-,22-,23-,24-,25?/m0/s1. The van der Waals surface area contributed by atoms with Crippen LogP contribution in [0.15, 0.2) is 40.7 Å². The summed E-state index contributed by atoms with van der Waals surface area (Å²) in [5.74, 6) is -5.93. The molecule has 0 fully saturated rings. The Bertz CT molecular complexity index is 1690. The number of nitrogens with one attached hydrogen (secondary N) is 6. The van der Waals surface area contributed by atoms with Crippen LogP contribution in [0.25, 0.3) is 0 Å². The van der Waals surface area contributed by atoms with Crippen LogP contribution >= 0.6 is 23.1 Å². The molecule has 1 aromatic carbocycles. The van der Waals surface area contributed by atoms with Crippen molar-refractivity contribution in [3.8, 4) is 0 Å². The predicted octanol–water partition coefficient (Wildman–Crippen LogP) is -1.47. The fraction of sp³-hybridized carbons (Fsp3) is 0.500. The van der Waals surface area contributed by atoms with E-state index < -0.39 is 84.6 Å². The van der Waals surface area contributed by atoms with Crippen molar-refractivity contribution >= 4 is 75.6 Å². The summed E-state index contributed by atoms with van der Waals surface area (Å²) in [4.78, 5) is 100. The maximum absolute atomic E-state index is 13.9. The number of carboxylic acid groups (broad SMARTS) is 1. The molecular formula is C34H49N11O8S2. The van der Waals surface area contributed by atoms with Crippen LogP contribution in [0.4, 0.5) is 5.13 Å². The summed E-state index contributed by atoms with van der Waals surface area (Å²) >= 11 is 2.49. The van der Waals surface area contributed by atoms with E-state index in [4.69, 9.17) is 17.2 Å². The van der Waals surface area contributed by atoms with E-state index in [0.29, 0.717) is 28.6 Å². The Hall–Kier alpha value is -5.44. The van der Waals surface area contributed by atoms with Crippen molar-refractivity contribution < 1.29 is 38.7 Å². The number of hydrogen-bond donors (Lipinski definition) is 10. The van der Waals surface area contributed by atoms with Gasteiger partial charge < -0.3 is 54.2 Å². The number of benzene rings is 1. The van der Waals surface area contributed by atoms with Crippen LogP contribution in [0, 0.1) is 5.92 Å². The molecule has 1 aromatic heterocycles. The third-order valence-corrected chi connectivity index (χ3v) is 9.91. The Balaban J connectivity index is 1.97. The van der Waals surface area contributed by atoms with Crippen molar-refractivity contribution in [3.63, 3.8) is 0 Å². The summed E-state index contributed by atoms with van der Waals surface area (Å²) in [7, 11) is 0. The minimum atomic E-state index is -1.65. The minimum Gasteiger partial charge on any atom is -0.481 e. The molecule has 0 saturated heterocycles. The molecule has 0 aliphatic carbocycles. The molecule has 300 valence electrons. The molecule has 0 spiro atoms. The Morgan fingerprint density at radius 2 is 1.56 bits per heavy atom. The molecule has 55 heavy (non-hydrogen) atoms. The summed E-state index contributed by atoms with van der Waals surface area (Å²) in [6, 6.07) is 2.49. The number of aliphatic imine (C=N–C) groups is 1. The molecule has 1 aliphatic rings. The van der Waals surface area contributed by atoms with Gasteiger partial charge in [-0.3, -0.25) is 38.6 Å². The second-order valence-electron chi connectivity index (χ2n) is 13.1. The number of aliphatic carboxylic acids is 1. The van der Waals surface area contributed by atoms with Crippen LogP contribution in [0.2, 0.25) is 0 Å². The third kappa shape index (κ3) is 15.8. The zero-order chi connectivity index (χ0) is 40.5. The van der Waals surface area contributed by atoms with Gasteiger partial charge in [0, 0.05) is 29.9 Å². The second kappa shape index (κ2) is 22.1. The molecule has 2 aromatic rings. The lowest BCUT2D eigenvalue weighted by molar-refractivity contribution is -0.141. The lowest BCUT2D eigenvalue weighted by Gasteiger charge is -2.27. The SMILES string of the molecule is CC(C)C[C@@H]1NC(=O)[C@H](Cc2ccccc2)NC(=O)[C@H](CC(=O)O)NC(=O)CNC(=O)[C@H](CCCN=C(N)N)Nc2nc(cs2)CSCC(C(N)=O)NC1=O. The van der Waals surface area contributed by atoms with Crippen molar-refractivity contribution in [1.82, 2.24) is 31.6 Å². The van der Waals surface area contributed by atoms with E-state index in [9.17, 15) is 38.7 Å². The van der Waals surface area contributed by atoms with Gasteiger partial charge in [-0.2, -0.15) is 11.8 Å². The Morgan fingerprint density at radius 1 is 0.891 bits per heavy atom. The third-order valence-electron chi connectivity index (χ3n) is 8.01. The number of fused-ring (bicyclic) bond motifs is 2. The normalized spacial score (nSPS) is 22.2. The van der Waals surface area contributed by atoms with Gasteiger partial charge in [0.05, 0.1) is 18.7 Å². The number of thiazole rings is 1. The van der Waals surface area contributed by atoms with Crippen LogP contribution in [-0.4, -0.2) is 107 Å². The van der Waals surface area contributed by atoms with Gasteiger partial charge in [-0.15, -0.1) is 11.3 Å². The maximum Gasteiger partial charge on any atom is 0.305 e. The monoisotopic (exact) mass is 803 g/mol. The average molecular weight is 804 g/mol. The van der Waals surface area contributed by atoms with E-state index in [0.717, 1.165) is 0 Å². The van der Waals surface area contributed by atoms with E-state index in [1.165, 1.54) is 23.1 Å². The Labute approximate surface area is 326 Å². The summed E-state index contributed by atoms with van der Waals surface area (Å²) in [5.41, 5.74) is 17.7. The summed E-state index contributed by atoms with van der Waals surface area (Å²) in [6.07, 6.45) is -0.151. The zero-order valence-electron chi connectivity index (χ0n) is 30.5. The molecule has 21 heteroatoms. The highest BCUT2D eigenvalue weighted by Crippen LogP contribution is 2.22. The number of nitrogens with zero attached hydrogens (tertiary/aromatic N) is 2. The lowest BCUT2D eigenvalue weighted by atomic mass is 10.0. The molecule has 2 heterocycles. The number of guanidine groups is 1. The van der Waals surface area contributed by atoms with Gasteiger partial charge in [-0.1, -0.05) is 44.2 Å². The van der Waals surface area contributed by atoms with Crippen LogP contribution < -0.4 is 49.1 Å². The highest BCUT2D eigenvalue weighted by Gasteiger charge is 2.33. The number of primary amides is 1. The number of carbonyl (C=O) groups is 7. The fourth-order valence-electron chi connectivity index (χ4n) is 5.34. The highest BCUT2D eigenvalue weighted by atomic mass is 32.2. The number of anilines is 1. The van der Waals surface area contributed by atoms with Crippen molar-refractivity contribution in [1.29, 1.82) is 0 Å². The lowest BCUT2D eigenvalue weighted by Crippen LogP contribution is -2.59. The van der Waals surface area contributed by atoms with E-state index in [1.807, 2.05) is 13.8 Å². The predicted molar refractivity (Wildman–Crippen MR) is 207 cm³/mol. The molecular weight excluding hydrogens is 755 g/mol. The number of nitrogens with two attached hydrogens (primary N) is 3. The maximum atomic E-state index is 13.9. The van der Waals surface area contributed by atoms with Crippen molar-refractivity contribution in [3.05, 3.63) is 47.0 Å². The van der Waals surface area contributed by atoms with Gasteiger partial charge in [-0.25, -0.2) is 4.98 Å². The largest absolute Gasteiger partial charge is 0.481 e. The number of amides is 6. The highest BCUT2D eigenvalue weighted by molar-refractivity contribution is 7.98. The quantitative estimate of drug-likeness (QED) is 0.0706. The van der Waals surface area contributed by atoms with Crippen molar-refractivity contribution in [2.45, 2.75) is 81.9 Å². The second-order valence-corrected chi connectivity index (χ2v) is 15.0. The first-order chi connectivity index (χ1) is 26.1. The summed E-state index contributed by atoms with van der Waals surface area (Å²) in [6.45, 7) is 3.28. The van der Waals surface area contributed by atoms with Gasteiger partial charge in [0.2, 0.25) is 35.4 Å². The van der Waals surface area contributed by atoms with E-state index in [-0.39, 0.29) is 43.4 Å². The number of thioether (sulfide) groups is 1.